The van der Waals surface area contributed by atoms with Gasteiger partial charge in [0.1, 0.15) is 5.82 Å². The lowest BCUT2D eigenvalue weighted by Crippen LogP contribution is -2.21. The molecular formula is C13H21N3. The number of aromatic nitrogens is 2. The molecule has 16 heavy (non-hydrogen) atoms. The van der Waals surface area contributed by atoms with E-state index < -0.39 is 0 Å². The van der Waals surface area contributed by atoms with Crippen LogP contribution in [0.2, 0.25) is 0 Å². The van der Waals surface area contributed by atoms with Crippen LogP contribution in [0.15, 0.2) is 6.20 Å². The van der Waals surface area contributed by atoms with Crippen LogP contribution in [0.5, 0.6) is 0 Å². The van der Waals surface area contributed by atoms with Gasteiger partial charge in [-0.25, -0.2) is 4.98 Å². The van der Waals surface area contributed by atoms with Crippen LogP contribution >= 0.6 is 0 Å². The van der Waals surface area contributed by atoms with Gasteiger partial charge >= 0.3 is 0 Å². The first-order chi connectivity index (χ1) is 7.84. The number of nitrogens with one attached hydrogen (secondary N) is 1. The third-order valence-electron chi connectivity index (χ3n) is 4.16. The van der Waals surface area contributed by atoms with Crippen molar-refractivity contribution in [1.29, 1.82) is 0 Å². The Bertz CT molecular complexity index is 359. The van der Waals surface area contributed by atoms with Gasteiger partial charge in [0.15, 0.2) is 0 Å². The highest BCUT2D eigenvalue weighted by molar-refractivity contribution is 5.10. The summed E-state index contributed by atoms with van der Waals surface area (Å²) in [6.45, 7) is 5.74. The second kappa shape index (κ2) is 4.21. The molecule has 1 N–H and O–H groups in total. The largest absolute Gasteiger partial charge is 0.332 e. The van der Waals surface area contributed by atoms with Gasteiger partial charge < -0.3 is 9.88 Å². The Morgan fingerprint density at radius 3 is 2.94 bits per heavy atom. The summed E-state index contributed by atoms with van der Waals surface area (Å²) in [7, 11) is 0. The van der Waals surface area contributed by atoms with Crippen LogP contribution < -0.4 is 5.32 Å². The maximum absolute atomic E-state index is 4.62. The molecule has 2 heterocycles. The molecule has 2 fully saturated rings. The lowest BCUT2D eigenvalue weighted by atomic mass is 9.84. The fraction of sp³-hybridized carbons (Fsp3) is 0.769. The zero-order chi connectivity index (χ0) is 11.0. The van der Waals surface area contributed by atoms with Gasteiger partial charge in [0.05, 0.1) is 0 Å². The molecule has 1 aromatic rings. The van der Waals surface area contributed by atoms with Crippen molar-refractivity contribution in [2.24, 2.45) is 5.92 Å². The lowest BCUT2D eigenvalue weighted by molar-refractivity contribution is 0.369. The molecule has 1 saturated carbocycles. The van der Waals surface area contributed by atoms with Crippen LogP contribution in [0.4, 0.5) is 0 Å². The van der Waals surface area contributed by atoms with E-state index in [-0.39, 0.29) is 0 Å². The fourth-order valence-corrected chi connectivity index (χ4v) is 2.84. The van der Waals surface area contributed by atoms with Gasteiger partial charge in [0.2, 0.25) is 0 Å². The van der Waals surface area contributed by atoms with Crippen LogP contribution in [0.1, 0.15) is 43.1 Å². The molecule has 0 aromatic carbocycles. The van der Waals surface area contributed by atoms with Crippen LogP contribution in [0.25, 0.3) is 0 Å². The van der Waals surface area contributed by atoms with E-state index in [0.29, 0.717) is 0 Å². The number of aryl methyl sites for hydroxylation is 1. The van der Waals surface area contributed by atoms with Gasteiger partial charge in [0, 0.05) is 24.4 Å². The first-order valence-corrected chi connectivity index (χ1v) is 6.57. The molecule has 0 spiro atoms. The third-order valence-corrected chi connectivity index (χ3v) is 4.16. The summed E-state index contributed by atoms with van der Waals surface area (Å²) in [4.78, 5) is 4.62. The molecule has 1 saturated heterocycles. The van der Waals surface area contributed by atoms with Crippen molar-refractivity contribution in [2.75, 3.05) is 13.1 Å². The second-order valence-corrected chi connectivity index (χ2v) is 5.36. The van der Waals surface area contributed by atoms with Gasteiger partial charge in [-0.3, -0.25) is 0 Å². The number of rotatable bonds is 3. The minimum absolute atomic E-state index is 0.753. The molecule has 3 nitrogen and oxygen atoms in total. The molecule has 1 aliphatic carbocycles. The van der Waals surface area contributed by atoms with Crippen molar-refractivity contribution in [3.63, 3.8) is 0 Å². The average molecular weight is 219 g/mol. The minimum Gasteiger partial charge on any atom is -0.332 e. The Balaban J connectivity index is 1.77. The molecule has 88 valence electrons. The highest BCUT2D eigenvalue weighted by atomic mass is 15.1. The van der Waals surface area contributed by atoms with E-state index in [1.807, 2.05) is 0 Å². The van der Waals surface area contributed by atoms with Gasteiger partial charge in [-0.15, -0.1) is 0 Å². The molecule has 0 bridgehead atoms. The van der Waals surface area contributed by atoms with Gasteiger partial charge in [0.25, 0.3) is 0 Å². The van der Waals surface area contributed by atoms with Gasteiger partial charge in [-0.2, -0.15) is 0 Å². The summed E-state index contributed by atoms with van der Waals surface area (Å²) in [5, 5.41) is 3.45. The van der Waals surface area contributed by atoms with Crippen molar-refractivity contribution in [3.05, 3.63) is 17.7 Å². The summed E-state index contributed by atoms with van der Waals surface area (Å²) < 4.78 is 2.47. The Hall–Kier alpha value is -0.830. The van der Waals surface area contributed by atoms with Crippen molar-refractivity contribution < 1.29 is 0 Å². The van der Waals surface area contributed by atoms with Crippen molar-refractivity contribution in [1.82, 2.24) is 14.9 Å². The molecule has 3 heteroatoms. The van der Waals surface area contributed by atoms with Crippen molar-refractivity contribution in [3.8, 4) is 0 Å². The number of hydrogen-bond acceptors (Lipinski definition) is 2. The maximum Gasteiger partial charge on any atom is 0.111 e. The van der Waals surface area contributed by atoms with Gasteiger partial charge in [-0.05, 0) is 45.2 Å². The normalized spacial score (nSPS) is 25.9. The minimum atomic E-state index is 0.753. The molecule has 1 unspecified atom stereocenters. The van der Waals surface area contributed by atoms with Crippen molar-refractivity contribution in [2.45, 2.75) is 45.1 Å². The van der Waals surface area contributed by atoms with E-state index in [1.54, 1.807) is 0 Å². The molecule has 2 aliphatic rings. The lowest BCUT2D eigenvalue weighted by Gasteiger charge is -2.26. The van der Waals surface area contributed by atoms with E-state index in [0.717, 1.165) is 11.8 Å². The molecule has 1 aliphatic heterocycles. The summed E-state index contributed by atoms with van der Waals surface area (Å²) in [6.07, 6.45) is 7.46. The molecule has 0 amide bonds. The summed E-state index contributed by atoms with van der Waals surface area (Å²) in [5.41, 5.74) is 1.34. The molecule has 1 atom stereocenters. The summed E-state index contributed by atoms with van der Waals surface area (Å²) >= 11 is 0. The summed E-state index contributed by atoms with van der Waals surface area (Å²) in [6, 6.07) is 0. The zero-order valence-corrected chi connectivity index (χ0v) is 10.1. The zero-order valence-electron chi connectivity index (χ0n) is 10.1. The quantitative estimate of drug-likeness (QED) is 0.843. The third kappa shape index (κ3) is 1.77. The maximum atomic E-state index is 4.62. The highest BCUT2D eigenvalue weighted by Crippen LogP contribution is 2.36. The first-order valence-electron chi connectivity index (χ1n) is 6.57. The Morgan fingerprint density at radius 2 is 2.31 bits per heavy atom. The van der Waals surface area contributed by atoms with Crippen LogP contribution in [0.3, 0.4) is 0 Å². The average Bonchev–Trinajstić information content (AvgIpc) is 2.80. The van der Waals surface area contributed by atoms with Crippen LogP contribution in [-0.2, 0) is 6.54 Å². The number of imidazole rings is 1. The topological polar surface area (TPSA) is 29.9 Å². The predicted molar refractivity (Wildman–Crippen MR) is 64.5 cm³/mol. The Labute approximate surface area is 97.3 Å². The van der Waals surface area contributed by atoms with Crippen LogP contribution in [0, 0.1) is 12.8 Å². The Kier molecular flexibility index (Phi) is 2.72. The highest BCUT2D eigenvalue weighted by Gasteiger charge is 2.26. The fourth-order valence-electron chi connectivity index (χ4n) is 2.84. The molecule has 1 aromatic heterocycles. The Morgan fingerprint density at radius 1 is 1.44 bits per heavy atom. The van der Waals surface area contributed by atoms with Crippen molar-refractivity contribution >= 4 is 0 Å². The SMILES string of the molecule is Cc1cnc(C2CCC2)n1CC1CCNC1. The standard InChI is InChI=1S/C13H21N3/c1-10-7-15-13(12-3-2-4-12)16(10)9-11-5-6-14-8-11/h7,11-12,14H,2-6,8-9H2,1H3. The van der Waals surface area contributed by atoms with E-state index in [1.165, 1.54) is 56.8 Å². The van der Waals surface area contributed by atoms with E-state index in [2.05, 4.69) is 28.0 Å². The molecule has 3 rings (SSSR count). The number of nitrogens with zero attached hydrogens (tertiary/aromatic N) is 2. The van der Waals surface area contributed by atoms with Gasteiger partial charge in [-0.1, -0.05) is 6.42 Å². The number of hydrogen-bond donors (Lipinski definition) is 1. The van der Waals surface area contributed by atoms with E-state index >= 15 is 0 Å². The van der Waals surface area contributed by atoms with E-state index in [9.17, 15) is 0 Å². The van der Waals surface area contributed by atoms with E-state index in [4.69, 9.17) is 0 Å². The summed E-state index contributed by atoms with van der Waals surface area (Å²) in [5.74, 6) is 2.92. The van der Waals surface area contributed by atoms with Crippen LogP contribution in [-0.4, -0.2) is 22.6 Å². The first kappa shape index (κ1) is 10.3. The second-order valence-electron chi connectivity index (χ2n) is 5.36. The predicted octanol–water partition coefficient (Wildman–Crippen LogP) is 2.07. The smallest absolute Gasteiger partial charge is 0.111 e. The molecular weight excluding hydrogens is 198 g/mol. The monoisotopic (exact) mass is 219 g/mol. The molecule has 0 radical (unpaired) electrons.